The first-order chi connectivity index (χ1) is 10.1. The zero-order valence-electron chi connectivity index (χ0n) is 13.1. The highest BCUT2D eigenvalue weighted by atomic mass is 32.2. The van der Waals surface area contributed by atoms with Gasteiger partial charge in [0.1, 0.15) is 0 Å². The van der Waals surface area contributed by atoms with E-state index in [9.17, 15) is 0 Å². The molecule has 0 aromatic carbocycles. The lowest BCUT2D eigenvalue weighted by molar-refractivity contribution is 0.246. The molecule has 0 bridgehead atoms. The van der Waals surface area contributed by atoms with E-state index >= 15 is 0 Å². The van der Waals surface area contributed by atoms with Gasteiger partial charge in [-0.05, 0) is 44.8 Å². The normalized spacial score (nSPS) is 12.6. The van der Waals surface area contributed by atoms with Gasteiger partial charge in [0.15, 0.2) is 5.16 Å². The molecule has 2 rings (SSSR count). The van der Waals surface area contributed by atoms with E-state index in [0.717, 1.165) is 29.4 Å². The molecule has 0 N–H and O–H groups in total. The number of hydrogen-bond donors (Lipinski definition) is 0. The monoisotopic (exact) mass is 302 g/mol. The number of rotatable bonds is 6. The molecule has 112 valence electrons. The maximum Gasteiger partial charge on any atom is 0.187 e. The molecule has 2 heterocycles. The Balaban J connectivity index is 1.93. The predicted molar refractivity (Wildman–Crippen MR) is 87.4 cm³/mol. The topological polar surface area (TPSA) is 41.9 Å². The number of aryl methyl sites for hydroxylation is 1. The Morgan fingerprint density at radius 2 is 1.95 bits per heavy atom. The molecule has 21 heavy (non-hydrogen) atoms. The fourth-order valence-electron chi connectivity index (χ4n) is 2.14. The molecule has 0 spiro atoms. The zero-order chi connectivity index (χ0) is 15.2. The van der Waals surface area contributed by atoms with E-state index in [1.165, 1.54) is 5.56 Å². The number of aromatic nitrogens is 3. The second kappa shape index (κ2) is 7.52. The summed E-state index contributed by atoms with van der Waals surface area (Å²) in [4.78, 5) is 15.4. The van der Waals surface area contributed by atoms with Gasteiger partial charge in [-0.25, -0.2) is 9.97 Å². The molecule has 1 atom stereocenters. The molecule has 0 radical (unpaired) electrons. The van der Waals surface area contributed by atoms with Gasteiger partial charge in [-0.1, -0.05) is 11.8 Å². The third-order valence-electron chi connectivity index (χ3n) is 3.53. The van der Waals surface area contributed by atoms with Crippen LogP contribution in [0.3, 0.4) is 0 Å². The Hall–Kier alpha value is -1.46. The van der Waals surface area contributed by atoms with Gasteiger partial charge in [-0.2, -0.15) is 0 Å². The quantitative estimate of drug-likeness (QED) is 0.606. The van der Waals surface area contributed by atoms with Gasteiger partial charge >= 0.3 is 0 Å². The van der Waals surface area contributed by atoms with Crippen molar-refractivity contribution in [3.63, 3.8) is 0 Å². The SMILES string of the molecule is CSc1ncc(CN(C)[C@@H](C)Cc2cc(C)ccn2)cn1. The molecule has 0 fully saturated rings. The average Bonchev–Trinajstić information content (AvgIpc) is 2.48. The zero-order valence-corrected chi connectivity index (χ0v) is 13.9. The van der Waals surface area contributed by atoms with E-state index in [2.05, 4.69) is 46.8 Å². The lowest BCUT2D eigenvalue weighted by atomic mass is 10.1. The first kappa shape index (κ1) is 15.9. The van der Waals surface area contributed by atoms with E-state index < -0.39 is 0 Å². The highest BCUT2D eigenvalue weighted by molar-refractivity contribution is 7.98. The van der Waals surface area contributed by atoms with Crippen LogP contribution in [-0.2, 0) is 13.0 Å². The summed E-state index contributed by atoms with van der Waals surface area (Å²) in [7, 11) is 2.13. The predicted octanol–water partition coefficient (Wildman–Crippen LogP) is 2.96. The molecule has 0 saturated heterocycles. The highest BCUT2D eigenvalue weighted by Crippen LogP contribution is 2.12. The second-order valence-electron chi connectivity index (χ2n) is 5.37. The minimum atomic E-state index is 0.416. The minimum absolute atomic E-state index is 0.416. The third kappa shape index (κ3) is 4.79. The van der Waals surface area contributed by atoms with Crippen molar-refractivity contribution in [2.24, 2.45) is 0 Å². The van der Waals surface area contributed by atoms with Crippen LogP contribution in [0.4, 0.5) is 0 Å². The molecule has 2 aromatic heterocycles. The first-order valence-corrected chi connectivity index (χ1v) is 8.27. The molecule has 0 unspecified atom stereocenters. The van der Waals surface area contributed by atoms with Gasteiger partial charge in [-0.3, -0.25) is 9.88 Å². The molecule has 2 aromatic rings. The Morgan fingerprint density at radius 1 is 1.24 bits per heavy atom. The average molecular weight is 302 g/mol. The fourth-order valence-corrected chi connectivity index (χ4v) is 2.46. The molecule has 0 aliphatic carbocycles. The highest BCUT2D eigenvalue weighted by Gasteiger charge is 2.12. The summed E-state index contributed by atoms with van der Waals surface area (Å²) in [6, 6.07) is 4.60. The molecule has 0 saturated carbocycles. The van der Waals surface area contributed by atoms with Crippen LogP contribution < -0.4 is 0 Å². The number of thioether (sulfide) groups is 1. The Bertz CT molecular complexity index is 571. The summed E-state index contributed by atoms with van der Waals surface area (Å²) in [5.41, 5.74) is 3.54. The molecule has 0 aliphatic rings. The van der Waals surface area contributed by atoms with E-state index in [1.54, 1.807) is 11.8 Å². The van der Waals surface area contributed by atoms with Gasteiger partial charge in [-0.15, -0.1) is 0 Å². The molecule has 0 amide bonds. The summed E-state index contributed by atoms with van der Waals surface area (Å²) in [6.07, 6.45) is 8.63. The van der Waals surface area contributed by atoms with Crippen molar-refractivity contribution >= 4 is 11.8 Å². The van der Waals surface area contributed by atoms with Crippen molar-refractivity contribution in [2.75, 3.05) is 13.3 Å². The van der Waals surface area contributed by atoms with E-state index in [0.29, 0.717) is 6.04 Å². The van der Waals surface area contributed by atoms with Crippen molar-refractivity contribution in [2.45, 2.75) is 38.0 Å². The largest absolute Gasteiger partial charge is 0.299 e. The van der Waals surface area contributed by atoms with Gasteiger partial charge in [0.2, 0.25) is 0 Å². The summed E-state index contributed by atoms with van der Waals surface area (Å²) in [5, 5.41) is 0.818. The smallest absolute Gasteiger partial charge is 0.187 e. The van der Waals surface area contributed by atoms with Crippen LogP contribution in [0.5, 0.6) is 0 Å². The fraction of sp³-hybridized carbons (Fsp3) is 0.438. The van der Waals surface area contributed by atoms with Crippen LogP contribution in [0.2, 0.25) is 0 Å². The minimum Gasteiger partial charge on any atom is -0.299 e. The van der Waals surface area contributed by atoms with Crippen LogP contribution in [0.15, 0.2) is 35.9 Å². The van der Waals surface area contributed by atoms with Crippen LogP contribution in [0.1, 0.15) is 23.7 Å². The molecular weight excluding hydrogens is 280 g/mol. The van der Waals surface area contributed by atoms with E-state index in [-0.39, 0.29) is 0 Å². The molecular formula is C16H22N4S. The maximum atomic E-state index is 4.44. The van der Waals surface area contributed by atoms with Gasteiger partial charge in [0.25, 0.3) is 0 Å². The lowest BCUT2D eigenvalue weighted by Gasteiger charge is -2.24. The number of hydrogen-bond acceptors (Lipinski definition) is 5. The van der Waals surface area contributed by atoms with Crippen molar-refractivity contribution in [3.05, 3.63) is 47.5 Å². The maximum absolute atomic E-state index is 4.44. The van der Waals surface area contributed by atoms with E-state index in [1.807, 2.05) is 30.9 Å². The van der Waals surface area contributed by atoms with E-state index in [4.69, 9.17) is 0 Å². The van der Waals surface area contributed by atoms with Crippen LogP contribution in [0, 0.1) is 6.92 Å². The van der Waals surface area contributed by atoms with Gasteiger partial charge < -0.3 is 0 Å². The number of pyridine rings is 1. The molecule has 0 aliphatic heterocycles. The van der Waals surface area contributed by atoms with Crippen molar-refractivity contribution < 1.29 is 0 Å². The van der Waals surface area contributed by atoms with Crippen molar-refractivity contribution in [3.8, 4) is 0 Å². The Morgan fingerprint density at radius 3 is 2.57 bits per heavy atom. The third-order valence-corrected chi connectivity index (χ3v) is 4.10. The summed E-state index contributed by atoms with van der Waals surface area (Å²) >= 11 is 1.56. The summed E-state index contributed by atoms with van der Waals surface area (Å²) in [6.45, 7) is 5.17. The number of likely N-dealkylation sites (N-methyl/N-ethyl adjacent to an activating group) is 1. The van der Waals surface area contributed by atoms with Crippen LogP contribution >= 0.6 is 11.8 Å². The molecule has 4 nitrogen and oxygen atoms in total. The first-order valence-electron chi connectivity index (χ1n) is 7.05. The van der Waals surface area contributed by atoms with Crippen LogP contribution in [-0.4, -0.2) is 39.2 Å². The summed E-state index contributed by atoms with van der Waals surface area (Å²) < 4.78 is 0. The standard InChI is InChI=1S/C16H22N4S/c1-12-5-6-17-15(7-12)8-13(2)20(3)11-14-9-18-16(21-4)19-10-14/h5-7,9-10,13H,8,11H2,1-4H3/t13-/m0/s1. The number of nitrogens with zero attached hydrogens (tertiary/aromatic N) is 4. The van der Waals surface area contributed by atoms with Gasteiger partial charge in [0.05, 0.1) is 0 Å². The summed E-state index contributed by atoms with van der Waals surface area (Å²) in [5.74, 6) is 0. The lowest BCUT2D eigenvalue weighted by Crippen LogP contribution is -2.30. The van der Waals surface area contributed by atoms with Crippen molar-refractivity contribution in [1.82, 2.24) is 19.9 Å². The van der Waals surface area contributed by atoms with Crippen molar-refractivity contribution in [1.29, 1.82) is 0 Å². The van der Waals surface area contributed by atoms with Gasteiger partial charge in [0, 0.05) is 48.9 Å². The van der Waals surface area contributed by atoms with Crippen LogP contribution in [0.25, 0.3) is 0 Å². The second-order valence-corrected chi connectivity index (χ2v) is 6.14. The Kier molecular flexibility index (Phi) is 5.70. The Labute approximate surface area is 131 Å². The molecule has 5 heteroatoms.